The fourth-order valence-electron chi connectivity index (χ4n) is 5.56. The molecule has 5 rings (SSSR count). The summed E-state index contributed by atoms with van der Waals surface area (Å²) in [5.41, 5.74) is 4.08. The molecule has 33 heavy (non-hydrogen) atoms. The molecular weight excluding hydrogens is 427 g/mol. The maximum atomic E-state index is 12.8. The third-order valence-corrected chi connectivity index (χ3v) is 7.06. The maximum Gasteiger partial charge on any atom is 0.433 e. The lowest BCUT2D eigenvalue weighted by Gasteiger charge is -2.29. The second-order valence-electron chi connectivity index (χ2n) is 9.03. The van der Waals surface area contributed by atoms with Gasteiger partial charge in [-0.05, 0) is 62.1 Å². The van der Waals surface area contributed by atoms with Gasteiger partial charge in [0.15, 0.2) is 0 Å². The van der Waals surface area contributed by atoms with Gasteiger partial charge in [-0.15, -0.1) is 0 Å². The van der Waals surface area contributed by atoms with Crippen molar-refractivity contribution in [3.63, 3.8) is 0 Å². The van der Waals surface area contributed by atoms with Gasteiger partial charge in [0.1, 0.15) is 5.69 Å². The minimum atomic E-state index is -4.40. The van der Waals surface area contributed by atoms with Gasteiger partial charge in [0.2, 0.25) is 0 Å². The van der Waals surface area contributed by atoms with Gasteiger partial charge in [0, 0.05) is 29.5 Å². The summed E-state index contributed by atoms with van der Waals surface area (Å²) in [5, 5.41) is 8.68. The average Bonchev–Trinajstić information content (AvgIpc) is 3.53. The lowest BCUT2D eigenvalue weighted by atomic mass is 9.85. The summed E-state index contributed by atoms with van der Waals surface area (Å²) in [6.45, 7) is 6.54. The highest BCUT2D eigenvalue weighted by Gasteiger charge is 2.46. The molecular formula is C25H26F3N5. The summed E-state index contributed by atoms with van der Waals surface area (Å²) in [6.07, 6.45) is 5.30. The number of nitrogens with zero attached hydrogens (tertiary/aromatic N) is 5. The van der Waals surface area contributed by atoms with Gasteiger partial charge in [-0.1, -0.05) is 30.8 Å². The van der Waals surface area contributed by atoms with Gasteiger partial charge in [0.25, 0.3) is 0 Å². The summed E-state index contributed by atoms with van der Waals surface area (Å²) >= 11 is 0. The zero-order chi connectivity index (χ0) is 23.2. The van der Waals surface area contributed by atoms with E-state index in [1.54, 1.807) is 23.3 Å². The van der Waals surface area contributed by atoms with Crippen LogP contribution in [0.2, 0.25) is 0 Å². The van der Waals surface area contributed by atoms with E-state index in [0.717, 1.165) is 66.2 Å². The van der Waals surface area contributed by atoms with E-state index in [2.05, 4.69) is 45.7 Å². The first kappa shape index (κ1) is 21.7. The van der Waals surface area contributed by atoms with Crippen LogP contribution >= 0.6 is 0 Å². The number of hydrogen-bond donors (Lipinski definition) is 0. The van der Waals surface area contributed by atoms with Crippen LogP contribution < -0.4 is 0 Å². The van der Waals surface area contributed by atoms with E-state index in [0.29, 0.717) is 18.0 Å². The smallest absolute Gasteiger partial charge is 0.365 e. The molecule has 2 fully saturated rings. The standard InChI is InChI=1S/C25H26F3N5/c1-16-4-3-5-21(24(16)33-30-12-13-31-33)17(2)32-20-9-10-22(32)19(14-20)8-6-18-7-11-23(29-15-18)25(26,27)28/h3-5,7,11-13,15,19-20,22H,2,6,8-10,14H2,1H3. The van der Waals surface area contributed by atoms with Gasteiger partial charge in [-0.25, -0.2) is 0 Å². The Bertz CT molecular complexity index is 1140. The molecule has 0 N–H and O–H groups in total. The molecule has 0 radical (unpaired) electrons. The van der Waals surface area contributed by atoms with Crippen LogP contribution in [-0.2, 0) is 12.6 Å². The van der Waals surface area contributed by atoms with Crippen molar-refractivity contribution >= 4 is 5.70 Å². The van der Waals surface area contributed by atoms with E-state index >= 15 is 0 Å². The Morgan fingerprint density at radius 3 is 2.61 bits per heavy atom. The SMILES string of the molecule is C=C(c1cccc(C)c1-n1nccn1)N1C2CCC1C(CCc1ccc(C(F)(F)F)nc1)C2. The van der Waals surface area contributed by atoms with E-state index < -0.39 is 11.9 Å². The normalized spacial score (nSPS) is 22.2. The van der Waals surface area contributed by atoms with Gasteiger partial charge in [0.05, 0.1) is 18.1 Å². The van der Waals surface area contributed by atoms with E-state index in [4.69, 9.17) is 0 Å². The predicted molar refractivity (Wildman–Crippen MR) is 119 cm³/mol. The second kappa shape index (κ2) is 8.32. The lowest BCUT2D eigenvalue weighted by Crippen LogP contribution is -2.29. The Hall–Kier alpha value is -3.16. The molecule has 3 atom stereocenters. The molecule has 2 bridgehead atoms. The van der Waals surface area contributed by atoms with E-state index in [9.17, 15) is 13.2 Å². The van der Waals surface area contributed by atoms with Gasteiger partial charge in [-0.3, -0.25) is 4.98 Å². The number of benzene rings is 1. The minimum absolute atomic E-state index is 0.392. The number of fused-ring (bicyclic) bond motifs is 2. The first-order valence-corrected chi connectivity index (χ1v) is 11.3. The Kier molecular flexibility index (Phi) is 5.46. The van der Waals surface area contributed by atoms with E-state index in [1.165, 1.54) is 6.20 Å². The molecule has 3 unspecified atom stereocenters. The molecule has 2 aliphatic rings. The first-order valence-electron chi connectivity index (χ1n) is 11.3. The molecule has 5 nitrogen and oxygen atoms in total. The average molecular weight is 454 g/mol. The van der Waals surface area contributed by atoms with Crippen molar-refractivity contribution in [1.29, 1.82) is 0 Å². The Morgan fingerprint density at radius 2 is 1.91 bits per heavy atom. The summed E-state index contributed by atoms with van der Waals surface area (Å²) in [7, 11) is 0. The fraction of sp³-hybridized carbons (Fsp3) is 0.400. The van der Waals surface area contributed by atoms with Crippen molar-refractivity contribution in [2.45, 2.75) is 57.3 Å². The lowest BCUT2D eigenvalue weighted by molar-refractivity contribution is -0.141. The number of aryl methyl sites for hydroxylation is 2. The second-order valence-corrected chi connectivity index (χ2v) is 9.03. The molecule has 0 spiro atoms. The molecule has 0 saturated carbocycles. The molecule has 2 saturated heterocycles. The third-order valence-electron chi connectivity index (χ3n) is 7.06. The zero-order valence-electron chi connectivity index (χ0n) is 18.5. The van der Waals surface area contributed by atoms with Crippen LogP contribution in [0.25, 0.3) is 11.4 Å². The number of alkyl halides is 3. The number of pyridine rings is 1. The summed E-state index contributed by atoms with van der Waals surface area (Å²) < 4.78 is 38.3. The molecule has 0 amide bonds. The van der Waals surface area contributed by atoms with Gasteiger partial charge >= 0.3 is 6.18 Å². The quantitative estimate of drug-likeness (QED) is 0.498. The Morgan fingerprint density at radius 1 is 1.12 bits per heavy atom. The highest BCUT2D eigenvalue weighted by atomic mass is 19.4. The molecule has 172 valence electrons. The topological polar surface area (TPSA) is 46.8 Å². The fourth-order valence-corrected chi connectivity index (χ4v) is 5.56. The number of rotatable bonds is 6. The Balaban J connectivity index is 1.31. The number of aromatic nitrogens is 4. The summed E-state index contributed by atoms with van der Waals surface area (Å²) in [5.74, 6) is 0.485. The third kappa shape index (κ3) is 4.03. The van der Waals surface area contributed by atoms with Crippen LogP contribution in [0.3, 0.4) is 0 Å². The van der Waals surface area contributed by atoms with Gasteiger partial charge < -0.3 is 4.90 Å². The predicted octanol–water partition coefficient (Wildman–Crippen LogP) is 5.45. The number of halogens is 3. The summed E-state index contributed by atoms with van der Waals surface area (Å²) in [4.78, 5) is 7.73. The van der Waals surface area contributed by atoms with Crippen LogP contribution in [0, 0.1) is 12.8 Å². The maximum absolute atomic E-state index is 12.8. The van der Waals surface area contributed by atoms with Crippen molar-refractivity contribution in [3.8, 4) is 5.69 Å². The van der Waals surface area contributed by atoms with E-state index in [1.807, 2.05) is 6.07 Å². The zero-order valence-corrected chi connectivity index (χ0v) is 18.5. The summed E-state index contributed by atoms with van der Waals surface area (Å²) in [6, 6.07) is 9.63. The molecule has 8 heteroatoms. The minimum Gasteiger partial charge on any atom is -0.365 e. The van der Waals surface area contributed by atoms with Crippen LogP contribution in [0.15, 0.2) is 55.5 Å². The van der Waals surface area contributed by atoms with Crippen LogP contribution in [0.1, 0.15) is 48.1 Å². The van der Waals surface area contributed by atoms with Crippen LogP contribution in [-0.4, -0.2) is 37.0 Å². The molecule has 4 heterocycles. The molecule has 0 aliphatic carbocycles. The number of hydrogen-bond acceptors (Lipinski definition) is 4. The van der Waals surface area contributed by atoms with Crippen molar-refractivity contribution in [2.24, 2.45) is 5.92 Å². The Labute approximate surface area is 190 Å². The molecule has 3 aromatic rings. The highest BCUT2D eigenvalue weighted by molar-refractivity contribution is 5.72. The molecule has 2 aliphatic heterocycles. The van der Waals surface area contributed by atoms with Crippen LogP contribution in [0.5, 0.6) is 0 Å². The highest BCUT2D eigenvalue weighted by Crippen LogP contribution is 2.48. The first-order chi connectivity index (χ1) is 15.8. The molecule has 1 aromatic carbocycles. The van der Waals surface area contributed by atoms with Crippen molar-refractivity contribution in [3.05, 3.63) is 77.9 Å². The van der Waals surface area contributed by atoms with E-state index in [-0.39, 0.29) is 0 Å². The molecule has 2 aromatic heterocycles. The van der Waals surface area contributed by atoms with Crippen molar-refractivity contribution < 1.29 is 13.2 Å². The number of para-hydroxylation sites is 1. The van der Waals surface area contributed by atoms with Crippen LogP contribution in [0.4, 0.5) is 13.2 Å². The van der Waals surface area contributed by atoms with Crippen molar-refractivity contribution in [1.82, 2.24) is 24.9 Å². The monoisotopic (exact) mass is 453 g/mol. The largest absolute Gasteiger partial charge is 0.433 e. The van der Waals surface area contributed by atoms with Crippen molar-refractivity contribution in [2.75, 3.05) is 0 Å². The van der Waals surface area contributed by atoms with Gasteiger partial charge in [-0.2, -0.15) is 28.2 Å².